The largest absolute Gasteiger partial charge is 0.380 e. The lowest BCUT2D eigenvalue weighted by molar-refractivity contribution is 0.127. The van der Waals surface area contributed by atoms with Gasteiger partial charge in [-0.05, 0) is 20.8 Å². The van der Waals surface area contributed by atoms with Crippen LogP contribution in [0.3, 0.4) is 0 Å². The van der Waals surface area contributed by atoms with Crippen LogP contribution in [-0.2, 0) is 11.3 Å². The van der Waals surface area contributed by atoms with Crippen LogP contribution in [0, 0.1) is 6.92 Å². The minimum Gasteiger partial charge on any atom is -0.380 e. The SMILES string of the molecule is CCOCC(C)NCc1csc(C)n1. The lowest BCUT2D eigenvalue weighted by atomic mass is 10.3. The van der Waals surface area contributed by atoms with Gasteiger partial charge in [-0.25, -0.2) is 4.98 Å². The summed E-state index contributed by atoms with van der Waals surface area (Å²) < 4.78 is 5.31. The van der Waals surface area contributed by atoms with Crippen molar-refractivity contribution in [2.75, 3.05) is 13.2 Å². The fraction of sp³-hybridized carbons (Fsp3) is 0.700. The van der Waals surface area contributed by atoms with Crippen LogP contribution in [0.5, 0.6) is 0 Å². The summed E-state index contributed by atoms with van der Waals surface area (Å²) in [7, 11) is 0. The minimum atomic E-state index is 0.386. The van der Waals surface area contributed by atoms with E-state index in [1.807, 2.05) is 13.8 Å². The van der Waals surface area contributed by atoms with Gasteiger partial charge in [0.15, 0.2) is 0 Å². The molecule has 0 aliphatic rings. The normalized spacial score (nSPS) is 13.1. The Morgan fingerprint density at radius 3 is 3.00 bits per heavy atom. The average molecular weight is 214 g/mol. The van der Waals surface area contributed by atoms with Crippen LogP contribution in [0.15, 0.2) is 5.38 Å². The summed E-state index contributed by atoms with van der Waals surface area (Å²) >= 11 is 1.69. The van der Waals surface area contributed by atoms with Crippen LogP contribution in [0.4, 0.5) is 0 Å². The molecular weight excluding hydrogens is 196 g/mol. The Balaban J connectivity index is 2.20. The maximum Gasteiger partial charge on any atom is 0.0897 e. The number of thiazole rings is 1. The number of aryl methyl sites for hydroxylation is 1. The number of aromatic nitrogens is 1. The maximum absolute atomic E-state index is 5.31. The van der Waals surface area contributed by atoms with Crippen molar-refractivity contribution >= 4 is 11.3 Å². The van der Waals surface area contributed by atoms with Crippen molar-refractivity contribution in [3.05, 3.63) is 16.1 Å². The zero-order chi connectivity index (χ0) is 10.4. The molecule has 0 bridgehead atoms. The molecule has 14 heavy (non-hydrogen) atoms. The fourth-order valence-corrected chi connectivity index (χ4v) is 1.73. The molecule has 80 valence electrons. The number of hydrogen-bond acceptors (Lipinski definition) is 4. The van der Waals surface area contributed by atoms with Gasteiger partial charge in [-0.3, -0.25) is 0 Å². The molecule has 1 aromatic rings. The monoisotopic (exact) mass is 214 g/mol. The molecule has 0 amide bonds. The second-order valence-electron chi connectivity index (χ2n) is 3.30. The summed E-state index contributed by atoms with van der Waals surface area (Å²) in [6.07, 6.45) is 0. The van der Waals surface area contributed by atoms with Gasteiger partial charge in [-0.15, -0.1) is 11.3 Å². The van der Waals surface area contributed by atoms with Crippen molar-refractivity contribution in [2.24, 2.45) is 0 Å². The Labute approximate surface area is 89.5 Å². The lowest BCUT2D eigenvalue weighted by Gasteiger charge is -2.12. The second kappa shape index (κ2) is 6.11. The fourth-order valence-electron chi connectivity index (χ4n) is 1.12. The van der Waals surface area contributed by atoms with Gasteiger partial charge in [0.2, 0.25) is 0 Å². The Morgan fingerprint density at radius 1 is 1.64 bits per heavy atom. The van der Waals surface area contributed by atoms with Gasteiger partial charge in [0.1, 0.15) is 0 Å². The van der Waals surface area contributed by atoms with Crippen LogP contribution in [-0.4, -0.2) is 24.2 Å². The Hall–Kier alpha value is -0.450. The molecule has 0 aromatic carbocycles. The molecule has 1 atom stereocenters. The van der Waals surface area contributed by atoms with E-state index in [0.29, 0.717) is 6.04 Å². The van der Waals surface area contributed by atoms with E-state index in [1.54, 1.807) is 11.3 Å². The van der Waals surface area contributed by atoms with Crippen molar-refractivity contribution < 1.29 is 4.74 Å². The molecule has 1 N–H and O–H groups in total. The lowest BCUT2D eigenvalue weighted by Crippen LogP contribution is -2.30. The standard InChI is InChI=1S/C10H18N2OS/c1-4-13-6-8(2)11-5-10-7-14-9(3)12-10/h7-8,11H,4-6H2,1-3H3. The molecule has 0 saturated heterocycles. The van der Waals surface area contributed by atoms with E-state index >= 15 is 0 Å². The van der Waals surface area contributed by atoms with E-state index in [1.165, 1.54) is 0 Å². The zero-order valence-electron chi connectivity index (χ0n) is 9.04. The molecular formula is C10H18N2OS. The summed E-state index contributed by atoms with van der Waals surface area (Å²) in [5.74, 6) is 0. The number of nitrogens with one attached hydrogen (secondary N) is 1. The third kappa shape index (κ3) is 4.17. The van der Waals surface area contributed by atoms with E-state index in [0.717, 1.165) is 30.5 Å². The van der Waals surface area contributed by atoms with Crippen molar-refractivity contribution in [2.45, 2.75) is 33.4 Å². The van der Waals surface area contributed by atoms with Crippen molar-refractivity contribution in [1.82, 2.24) is 10.3 Å². The van der Waals surface area contributed by atoms with Crippen LogP contribution < -0.4 is 5.32 Å². The van der Waals surface area contributed by atoms with E-state index in [2.05, 4.69) is 22.6 Å². The molecule has 1 rings (SSSR count). The summed E-state index contributed by atoms with van der Waals surface area (Å²) in [6.45, 7) is 8.53. The highest BCUT2D eigenvalue weighted by atomic mass is 32.1. The molecule has 0 aliphatic carbocycles. The summed E-state index contributed by atoms with van der Waals surface area (Å²) in [6, 6.07) is 0.386. The van der Waals surface area contributed by atoms with Crippen LogP contribution in [0.2, 0.25) is 0 Å². The summed E-state index contributed by atoms with van der Waals surface area (Å²) in [5.41, 5.74) is 1.12. The molecule has 0 fully saturated rings. The van der Waals surface area contributed by atoms with E-state index in [4.69, 9.17) is 4.74 Å². The number of rotatable bonds is 6. The first-order chi connectivity index (χ1) is 6.72. The first-order valence-electron chi connectivity index (χ1n) is 4.94. The third-order valence-electron chi connectivity index (χ3n) is 1.87. The van der Waals surface area contributed by atoms with Crippen LogP contribution in [0.1, 0.15) is 24.5 Å². The highest BCUT2D eigenvalue weighted by Gasteiger charge is 2.02. The summed E-state index contributed by atoms with van der Waals surface area (Å²) in [4.78, 5) is 4.38. The molecule has 0 saturated carbocycles. The quantitative estimate of drug-likeness (QED) is 0.786. The number of nitrogens with zero attached hydrogens (tertiary/aromatic N) is 1. The molecule has 1 aromatic heterocycles. The average Bonchev–Trinajstić information content (AvgIpc) is 2.58. The predicted molar refractivity (Wildman–Crippen MR) is 59.6 cm³/mol. The van der Waals surface area contributed by atoms with Gasteiger partial charge >= 0.3 is 0 Å². The number of hydrogen-bond donors (Lipinski definition) is 1. The van der Waals surface area contributed by atoms with Crippen molar-refractivity contribution in [3.8, 4) is 0 Å². The molecule has 1 heterocycles. The highest BCUT2D eigenvalue weighted by Crippen LogP contribution is 2.07. The van der Waals surface area contributed by atoms with Gasteiger partial charge in [0.05, 0.1) is 17.3 Å². The second-order valence-corrected chi connectivity index (χ2v) is 4.36. The van der Waals surface area contributed by atoms with Gasteiger partial charge < -0.3 is 10.1 Å². The van der Waals surface area contributed by atoms with Crippen molar-refractivity contribution in [3.63, 3.8) is 0 Å². The smallest absolute Gasteiger partial charge is 0.0897 e. The first-order valence-corrected chi connectivity index (χ1v) is 5.82. The van der Waals surface area contributed by atoms with Crippen LogP contribution in [0.25, 0.3) is 0 Å². The highest BCUT2D eigenvalue weighted by molar-refractivity contribution is 7.09. The van der Waals surface area contributed by atoms with E-state index < -0.39 is 0 Å². The van der Waals surface area contributed by atoms with E-state index in [9.17, 15) is 0 Å². The predicted octanol–water partition coefficient (Wildman–Crippen LogP) is 1.97. The Bertz CT molecular complexity index is 262. The zero-order valence-corrected chi connectivity index (χ0v) is 9.86. The van der Waals surface area contributed by atoms with E-state index in [-0.39, 0.29) is 0 Å². The molecule has 1 unspecified atom stereocenters. The van der Waals surface area contributed by atoms with Gasteiger partial charge in [0, 0.05) is 24.6 Å². The Kier molecular flexibility index (Phi) is 5.07. The maximum atomic E-state index is 5.31. The molecule has 0 spiro atoms. The summed E-state index contributed by atoms with van der Waals surface area (Å²) in [5, 5.41) is 6.58. The van der Waals surface area contributed by atoms with Gasteiger partial charge in [-0.2, -0.15) is 0 Å². The van der Waals surface area contributed by atoms with Crippen LogP contribution >= 0.6 is 11.3 Å². The molecule has 0 radical (unpaired) electrons. The first kappa shape index (κ1) is 11.6. The third-order valence-corrected chi connectivity index (χ3v) is 2.69. The van der Waals surface area contributed by atoms with Gasteiger partial charge in [0.25, 0.3) is 0 Å². The number of ether oxygens (including phenoxy) is 1. The molecule has 4 heteroatoms. The minimum absolute atomic E-state index is 0.386. The topological polar surface area (TPSA) is 34.1 Å². The van der Waals surface area contributed by atoms with Crippen molar-refractivity contribution in [1.29, 1.82) is 0 Å². The Morgan fingerprint density at radius 2 is 2.43 bits per heavy atom. The molecule has 3 nitrogen and oxygen atoms in total. The molecule has 0 aliphatic heterocycles. The van der Waals surface area contributed by atoms with Gasteiger partial charge in [-0.1, -0.05) is 0 Å².